The van der Waals surface area contributed by atoms with E-state index in [2.05, 4.69) is 0 Å². The van der Waals surface area contributed by atoms with E-state index in [0.717, 1.165) is 5.56 Å². The van der Waals surface area contributed by atoms with Gasteiger partial charge in [0.05, 0.1) is 18.0 Å². The van der Waals surface area contributed by atoms with Gasteiger partial charge in [0.15, 0.2) is 0 Å². The highest BCUT2D eigenvalue weighted by Crippen LogP contribution is 2.35. The minimum atomic E-state index is -0.337. The monoisotopic (exact) mass is 294 g/mol. The lowest BCUT2D eigenvalue weighted by Crippen LogP contribution is -2.31. The Morgan fingerprint density at radius 2 is 2.20 bits per heavy atom. The molecule has 2 amide bonds. The standard InChI is InChI=1S/C14H18N2O3S/c1-9-3-4-11(19-2)10(7-9)16-13(17)8-12(14(16)18)20-6-5-15/h3-4,7,12H,5-6,8,15H2,1-2H3. The van der Waals surface area contributed by atoms with Crippen molar-refractivity contribution in [2.24, 2.45) is 5.73 Å². The number of hydrogen-bond acceptors (Lipinski definition) is 5. The van der Waals surface area contributed by atoms with Crippen LogP contribution in [0.5, 0.6) is 5.75 Å². The lowest BCUT2D eigenvalue weighted by atomic mass is 10.2. The quantitative estimate of drug-likeness (QED) is 0.829. The van der Waals surface area contributed by atoms with Crippen LogP contribution in [-0.2, 0) is 9.59 Å². The zero-order valence-electron chi connectivity index (χ0n) is 11.6. The number of anilines is 1. The number of aryl methyl sites for hydroxylation is 1. The fourth-order valence-electron chi connectivity index (χ4n) is 2.17. The number of hydrogen-bond donors (Lipinski definition) is 1. The molecule has 0 aromatic heterocycles. The average Bonchev–Trinajstić information content (AvgIpc) is 2.71. The second-order valence-electron chi connectivity index (χ2n) is 4.59. The number of rotatable bonds is 5. The highest BCUT2D eigenvalue weighted by atomic mass is 32.2. The first-order chi connectivity index (χ1) is 9.58. The average molecular weight is 294 g/mol. The maximum atomic E-state index is 12.4. The van der Waals surface area contributed by atoms with Crippen molar-refractivity contribution >= 4 is 29.3 Å². The highest BCUT2D eigenvalue weighted by Gasteiger charge is 2.40. The molecule has 1 aromatic carbocycles. The predicted octanol–water partition coefficient (Wildman–Crippen LogP) is 1.33. The van der Waals surface area contributed by atoms with Crippen molar-refractivity contribution in [3.05, 3.63) is 23.8 Å². The lowest BCUT2D eigenvalue weighted by Gasteiger charge is -2.18. The second-order valence-corrected chi connectivity index (χ2v) is 5.91. The fraction of sp³-hybridized carbons (Fsp3) is 0.429. The third-order valence-electron chi connectivity index (χ3n) is 3.12. The Kier molecular flexibility index (Phi) is 4.67. The first-order valence-corrected chi connectivity index (χ1v) is 7.46. The van der Waals surface area contributed by atoms with Gasteiger partial charge < -0.3 is 10.5 Å². The van der Waals surface area contributed by atoms with Gasteiger partial charge in [0, 0.05) is 18.7 Å². The molecule has 0 saturated carbocycles. The van der Waals surface area contributed by atoms with Gasteiger partial charge >= 0.3 is 0 Å². The molecule has 1 aromatic rings. The number of nitrogens with two attached hydrogens (primary N) is 1. The molecule has 1 atom stereocenters. The Morgan fingerprint density at radius 3 is 2.85 bits per heavy atom. The van der Waals surface area contributed by atoms with Crippen molar-refractivity contribution in [3.63, 3.8) is 0 Å². The zero-order valence-corrected chi connectivity index (χ0v) is 12.4. The normalized spacial score (nSPS) is 18.8. The first kappa shape index (κ1) is 14.9. The molecule has 1 aliphatic rings. The van der Waals surface area contributed by atoms with Crippen molar-refractivity contribution in [2.75, 3.05) is 24.3 Å². The van der Waals surface area contributed by atoms with Crippen LogP contribution in [0, 0.1) is 6.92 Å². The number of ether oxygens (including phenoxy) is 1. The largest absolute Gasteiger partial charge is 0.495 e. The van der Waals surface area contributed by atoms with Gasteiger partial charge in [-0.2, -0.15) is 0 Å². The van der Waals surface area contributed by atoms with Gasteiger partial charge in [-0.3, -0.25) is 9.59 Å². The highest BCUT2D eigenvalue weighted by molar-refractivity contribution is 8.00. The summed E-state index contributed by atoms with van der Waals surface area (Å²) in [6.07, 6.45) is 0.223. The Morgan fingerprint density at radius 1 is 1.45 bits per heavy atom. The number of nitrogens with zero attached hydrogens (tertiary/aromatic N) is 1. The maximum Gasteiger partial charge on any atom is 0.247 e. The van der Waals surface area contributed by atoms with Crippen LogP contribution in [0.4, 0.5) is 5.69 Å². The molecule has 1 heterocycles. The smallest absolute Gasteiger partial charge is 0.247 e. The predicted molar refractivity (Wildman–Crippen MR) is 80.1 cm³/mol. The minimum absolute atomic E-state index is 0.183. The van der Waals surface area contributed by atoms with Crippen molar-refractivity contribution < 1.29 is 14.3 Å². The van der Waals surface area contributed by atoms with Crippen LogP contribution >= 0.6 is 11.8 Å². The van der Waals surface area contributed by atoms with Crippen molar-refractivity contribution in [2.45, 2.75) is 18.6 Å². The van der Waals surface area contributed by atoms with Crippen LogP contribution in [0.1, 0.15) is 12.0 Å². The molecule has 6 heteroatoms. The van der Waals surface area contributed by atoms with Gasteiger partial charge in [-0.25, -0.2) is 4.90 Å². The van der Waals surface area contributed by atoms with Crippen molar-refractivity contribution in [1.29, 1.82) is 0 Å². The van der Waals surface area contributed by atoms with Crippen LogP contribution in [0.2, 0.25) is 0 Å². The summed E-state index contributed by atoms with van der Waals surface area (Å²) in [5, 5.41) is -0.337. The number of amides is 2. The van der Waals surface area contributed by atoms with Crippen molar-refractivity contribution in [1.82, 2.24) is 0 Å². The van der Waals surface area contributed by atoms with Crippen molar-refractivity contribution in [3.8, 4) is 5.75 Å². The maximum absolute atomic E-state index is 12.4. The molecule has 0 bridgehead atoms. The molecule has 108 valence electrons. The van der Waals surface area contributed by atoms with E-state index >= 15 is 0 Å². The molecular formula is C14H18N2O3S. The van der Waals surface area contributed by atoms with Gasteiger partial charge in [0.25, 0.3) is 0 Å². The number of carbonyl (C=O) groups is 2. The van der Waals surface area contributed by atoms with Gasteiger partial charge in [-0.1, -0.05) is 6.07 Å². The SMILES string of the molecule is COc1ccc(C)cc1N1C(=O)CC(SCCN)C1=O. The number of carbonyl (C=O) groups excluding carboxylic acids is 2. The van der Waals surface area contributed by atoms with Crippen LogP contribution in [-0.4, -0.2) is 36.5 Å². The van der Waals surface area contributed by atoms with Gasteiger partial charge in [-0.15, -0.1) is 11.8 Å². The molecule has 0 aliphatic carbocycles. The van der Waals surface area contributed by atoms with Gasteiger partial charge in [-0.05, 0) is 24.6 Å². The minimum Gasteiger partial charge on any atom is -0.495 e. The van der Waals surface area contributed by atoms with E-state index in [1.165, 1.54) is 23.8 Å². The third kappa shape index (κ3) is 2.81. The molecule has 0 spiro atoms. The molecule has 20 heavy (non-hydrogen) atoms. The topological polar surface area (TPSA) is 72.6 Å². The molecule has 2 N–H and O–H groups in total. The van der Waals surface area contributed by atoms with E-state index in [4.69, 9.17) is 10.5 Å². The van der Waals surface area contributed by atoms with Gasteiger partial charge in [0.1, 0.15) is 5.75 Å². The molecule has 1 unspecified atom stereocenters. The summed E-state index contributed by atoms with van der Waals surface area (Å²) in [6.45, 7) is 2.41. The first-order valence-electron chi connectivity index (χ1n) is 6.41. The summed E-state index contributed by atoms with van der Waals surface area (Å²) in [5.74, 6) is 0.829. The molecule has 2 rings (SSSR count). The van der Waals surface area contributed by atoms with Crippen LogP contribution < -0.4 is 15.4 Å². The van der Waals surface area contributed by atoms with Gasteiger partial charge in [0.2, 0.25) is 11.8 Å². The van der Waals surface area contributed by atoms with E-state index in [0.29, 0.717) is 23.7 Å². The molecule has 1 saturated heterocycles. The summed E-state index contributed by atoms with van der Waals surface area (Å²) >= 11 is 1.43. The summed E-state index contributed by atoms with van der Waals surface area (Å²) < 4.78 is 5.25. The molecule has 1 aliphatic heterocycles. The summed E-state index contributed by atoms with van der Waals surface area (Å²) in [6, 6.07) is 5.45. The Bertz CT molecular complexity index is 533. The molecule has 1 fully saturated rings. The number of benzene rings is 1. The third-order valence-corrected chi connectivity index (χ3v) is 4.36. The number of imide groups is 1. The summed E-state index contributed by atoms with van der Waals surface area (Å²) in [4.78, 5) is 25.8. The Balaban J connectivity index is 2.30. The number of thioether (sulfide) groups is 1. The number of methoxy groups -OCH3 is 1. The molecular weight excluding hydrogens is 276 g/mol. The summed E-state index contributed by atoms with van der Waals surface area (Å²) in [5.41, 5.74) is 6.95. The Labute approximate surface area is 122 Å². The van der Waals surface area contributed by atoms with E-state index in [1.54, 1.807) is 12.1 Å². The fourth-order valence-corrected chi connectivity index (χ4v) is 3.10. The summed E-state index contributed by atoms with van der Waals surface area (Å²) in [7, 11) is 1.53. The van der Waals surface area contributed by atoms with E-state index in [1.807, 2.05) is 13.0 Å². The Hall–Kier alpha value is -1.53. The van der Waals surface area contributed by atoms with E-state index < -0.39 is 0 Å². The lowest BCUT2D eigenvalue weighted by molar-refractivity contribution is -0.121. The zero-order chi connectivity index (χ0) is 14.7. The second kappa shape index (κ2) is 6.28. The van der Waals surface area contributed by atoms with Crippen LogP contribution in [0.15, 0.2) is 18.2 Å². The van der Waals surface area contributed by atoms with Crippen LogP contribution in [0.3, 0.4) is 0 Å². The molecule has 5 nitrogen and oxygen atoms in total. The van der Waals surface area contributed by atoms with E-state index in [9.17, 15) is 9.59 Å². The molecule has 0 radical (unpaired) electrons. The van der Waals surface area contributed by atoms with E-state index in [-0.39, 0.29) is 23.5 Å². The van der Waals surface area contributed by atoms with Crippen LogP contribution in [0.25, 0.3) is 0 Å².